The molecule has 4 rings (SSSR count). The number of hydrogen-bond acceptors (Lipinski definition) is 6. The van der Waals surface area contributed by atoms with Crippen molar-refractivity contribution in [3.63, 3.8) is 0 Å². The number of alkyl halides is 3. The van der Waals surface area contributed by atoms with Gasteiger partial charge in [-0.1, -0.05) is 17.3 Å². The Morgan fingerprint density at radius 2 is 1.97 bits per heavy atom. The normalized spacial score (nSPS) is 15.0. The number of aromatic nitrogens is 3. The molecule has 0 radical (unpaired) electrons. The van der Waals surface area contributed by atoms with E-state index < -0.39 is 12.1 Å². The molecule has 1 aliphatic rings. The molecule has 0 spiro atoms. The number of halogens is 3. The van der Waals surface area contributed by atoms with Crippen molar-refractivity contribution in [1.82, 2.24) is 20.0 Å². The monoisotopic (exact) mass is 427 g/mol. The van der Waals surface area contributed by atoms with Crippen LogP contribution in [-0.4, -0.2) is 39.0 Å². The maximum absolute atomic E-state index is 12.9. The lowest BCUT2D eigenvalue weighted by molar-refractivity contribution is -0.159. The molecule has 2 aromatic heterocycles. The van der Waals surface area contributed by atoms with E-state index in [0.717, 1.165) is 18.5 Å². The first-order valence-electron chi connectivity index (χ1n) is 9.52. The number of hydrogen-bond donors (Lipinski definition) is 0. The first-order chi connectivity index (χ1) is 14.8. The van der Waals surface area contributed by atoms with Gasteiger partial charge in [0.25, 0.3) is 5.91 Å². The predicted octanol–water partition coefficient (Wildman–Crippen LogP) is 4.04. The molecule has 1 fully saturated rings. The van der Waals surface area contributed by atoms with Crippen molar-refractivity contribution in [2.24, 2.45) is 0 Å². The summed E-state index contributed by atoms with van der Waals surface area (Å²) in [6.45, 7) is 1.05. The highest BCUT2D eigenvalue weighted by molar-refractivity contribution is 5.95. The Labute approximate surface area is 175 Å². The summed E-state index contributed by atoms with van der Waals surface area (Å²) in [6, 6.07) is 11.8. The third-order valence-corrected chi connectivity index (χ3v) is 5.15. The summed E-state index contributed by atoms with van der Waals surface area (Å²) in [7, 11) is 0. The molecule has 7 nitrogen and oxygen atoms in total. The Bertz CT molecular complexity index is 1130. The molecule has 31 heavy (non-hydrogen) atoms. The lowest BCUT2D eigenvalue weighted by Gasteiger charge is -2.32. The van der Waals surface area contributed by atoms with Gasteiger partial charge in [-0.05, 0) is 37.1 Å². The predicted molar refractivity (Wildman–Crippen MR) is 102 cm³/mol. The molecule has 3 heterocycles. The van der Waals surface area contributed by atoms with E-state index in [9.17, 15) is 18.0 Å². The van der Waals surface area contributed by atoms with Crippen molar-refractivity contribution >= 4 is 5.91 Å². The maximum Gasteiger partial charge on any atom is 0.471 e. The number of pyridine rings is 1. The van der Waals surface area contributed by atoms with Crippen LogP contribution in [0.2, 0.25) is 0 Å². The number of nitriles is 1. The first kappa shape index (κ1) is 20.5. The van der Waals surface area contributed by atoms with E-state index in [4.69, 9.17) is 5.26 Å². The van der Waals surface area contributed by atoms with Gasteiger partial charge in [-0.25, -0.2) is 0 Å². The fourth-order valence-corrected chi connectivity index (χ4v) is 3.52. The third-order valence-electron chi connectivity index (χ3n) is 5.15. The minimum absolute atomic E-state index is 0.197. The van der Waals surface area contributed by atoms with Gasteiger partial charge in [0.1, 0.15) is 6.07 Å². The number of piperidine rings is 1. The van der Waals surface area contributed by atoms with Crippen molar-refractivity contribution in [2.75, 3.05) is 13.1 Å². The van der Waals surface area contributed by atoms with E-state index in [1.54, 1.807) is 29.3 Å². The van der Waals surface area contributed by atoms with Gasteiger partial charge in [-0.15, -0.1) is 0 Å². The van der Waals surface area contributed by atoms with Gasteiger partial charge in [-0.3, -0.25) is 9.78 Å². The summed E-state index contributed by atoms with van der Waals surface area (Å²) in [6.07, 6.45) is -1.73. The molecule has 1 saturated heterocycles. The number of carbonyl (C=O) groups excluding carboxylic acids is 1. The highest BCUT2D eigenvalue weighted by Gasteiger charge is 2.38. The Morgan fingerprint density at radius 3 is 2.58 bits per heavy atom. The SMILES string of the molecule is N#Cc1ccc(C2CCN(C(=O)c3cccc(-c4noc(C(F)(F)F)n4)c3)CC2)nc1. The number of nitrogens with zero attached hydrogens (tertiary/aromatic N) is 5. The molecule has 0 N–H and O–H groups in total. The van der Waals surface area contributed by atoms with Crippen LogP contribution >= 0.6 is 0 Å². The van der Waals surface area contributed by atoms with Crippen molar-refractivity contribution in [1.29, 1.82) is 5.26 Å². The van der Waals surface area contributed by atoms with Crippen LogP contribution in [-0.2, 0) is 6.18 Å². The molecule has 3 aromatic rings. The van der Waals surface area contributed by atoms with Crippen LogP contribution in [0.3, 0.4) is 0 Å². The van der Waals surface area contributed by atoms with Gasteiger partial charge < -0.3 is 9.42 Å². The molecule has 10 heteroatoms. The molecule has 1 aliphatic heterocycles. The first-order valence-corrected chi connectivity index (χ1v) is 9.52. The van der Waals surface area contributed by atoms with E-state index in [1.807, 2.05) is 12.1 Å². The van der Waals surface area contributed by atoms with Gasteiger partial charge in [0.2, 0.25) is 5.82 Å². The summed E-state index contributed by atoms with van der Waals surface area (Å²) >= 11 is 0. The van der Waals surface area contributed by atoms with E-state index in [1.165, 1.54) is 12.1 Å². The maximum atomic E-state index is 12.9. The Balaban J connectivity index is 1.44. The highest BCUT2D eigenvalue weighted by Crippen LogP contribution is 2.30. The largest absolute Gasteiger partial charge is 0.471 e. The van der Waals surface area contributed by atoms with Crippen molar-refractivity contribution in [2.45, 2.75) is 24.9 Å². The van der Waals surface area contributed by atoms with E-state index in [0.29, 0.717) is 24.2 Å². The summed E-state index contributed by atoms with van der Waals surface area (Å²) in [5.41, 5.74) is 2.00. The van der Waals surface area contributed by atoms with Crippen LogP contribution in [0, 0.1) is 11.3 Å². The van der Waals surface area contributed by atoms with Crippen LogP contribution < -0.4 is 0 Å². The fraction of sp³-hybridized carbons (Fsp3) is 0.286. The number of rotatable bonds is 3. The van der Waals surface area contributed by atoms with Crippen molar-refractivity contribution in [3.05, 3.63) is 65.3 Å². The Hall–Kier alpha value is -3.74. The van der Waals surface area contributed by atoms with Crippen LogP contribution in [0.4, 0.5) is 13.2 Å². The molecule has 1 aromatic carbocycles. The van der Waals surface area contributed by atoms with Crippen LogP contribution in [0.25, 0.3) is 11.4 Å². The van der Waals surface area contributed by atoms with Crippen LogP contribution in [0.1, 0.15) is 46.3 Å². The fourth-order valence-electron chi connectivity index (χ4n) is 3.52. The molecular weight excluding hydrogens is 411 g/mol. The molecule has 0 saturated carbocycles. The van der Waals surface area contributed by atoms with Crippen LogP contribution in [0.5, 0.6) is 0 Å². The smallest absolute Gasteiger partial charge is 0.339 e. The molecular formula is C21H16F3N5O2. The third kappa shape index (κ3) is 4.40. The van der Waals surface area contributed by atoms with Gasteiger partial charge in [-0.2, -0.15) is 23.4 Å². The van der Waals surface area contributed by atoms with Gasteiger partial charge in [0, 0.05) is 42.0 Å². The topological polar surface area (TPSA) is 95.9 Å². The van der Waals surface area contributed by atoms with E-state index in [-0.39, 0.29) is 23.2 Å². The second-order valence-corrected chi connectivity index (χ2v) is 7.15. The second kappa shape index (κ2) is 8.18. The molecule has 0 aliphatic carbocycles. The van der Waals surface area contributed by atoms with E-state index in [2.05, 4.69) is 19.6 Å². The zero-order valence-corrected chi connectivity index (χ0v) is 16.1. The number of likely N-dealkylation sites (tertiary alicyclic amines) is 1. The molecule has 0 unspecified atom stereocenters. The Kier molecular flexibility index (Phi) is 5.42. The number of amides is 1. The van der Waals surface area contributed by atoms with Gasteiger partial charge >= 0.3 is 12.1 Å². The molecule has 0 bridgehead atoms. The van der Waals surface area contributed by atoms with Crippen LogP contribution in [0.15, 0.2) is 47.1 Å². The van der Waals surface area contributed by atoms with Gasteiger partial charge in [0.05, 0.1) is 5.56 Å². The summed E-state index contributed by atoms with van der Waals surface area (Å²) in [5.74, 6) is -1.68. The zero-order chi connectivity index (χ0) is 22.0. The highest BCUT2D eigenvalue weighted by atomic mass is 19.4. The molecule has 158 valence electrons. The number of benzene rings is 1. The van der Waals surface area contributed by atoms with Crippen molar-refractivity contribution < 1.29 is 22.5 Å². The minimum Gasteiger partial charge on any atom is -0.339 e. The average molecular weight is 427 g/mol. The summed E-state index contributed by atoms with van der Waals surface area (Å²) < 4.78 is 42.3. The second-order valence-electron chi connectivity index (χ2n) is 7.15. The minimum atomic E-state index is -4.73. The Morgan fingerprint density at radius 1 is 1.19 bits per heavy atom. The lowest BCUT2D eigenvalue weighted by atomic mass is 9.92. The number of carbonyl (C=O) groups is 1. The molecule has 1 amide bonds. The summed E-state index contributed by atoms with van der Waals surface area (Å²) in [4.78, 5) is 22.3. The standard InChI is InChI=1S/C21H16F3N5O2/c22-21(23,24)20-27-18(28-31-20)15-2-1-3-16(10-15)19(30)29-8-6-14(7-9-29)17-5-4-13(11-25)12-26-17/h1-5,10,12,14H,6-9H2. The zero-order valence-electron chi connectivity index (χ0n) is 16.1. The lowest BCUT2D eigenvalue weighted by Crippen LogP contribution is -2.38. The average Bonchev–Trinajstić information content (AvgIpc) is 3.30. The summed E-state index contributed by atoms with van der Waals surface area (Å²) in [5, 5.41) is 12.2. The van der Waals surface area contributed by atoms with Crippen molar-refractivity contribution in [3.8, 4) is 17.5 Å². The quantitative estimate of drug-likeness (QED) is 0.626. The van der Waals surface area contributed by atoms with E-state index >= 15 is 0 Å². The molecule has 0 atom stereocenters. The van der Waals surface area contributed by atoms with Gasteiger partial charge in [0.15, 0.2) is 0 Å².